The Bertz CT molecular complexity index is 790. The first-order valence-electron chi connectivity index (χ1n) is 8.45. The van der Waals surface area contributed by atoms with Crippen LogP contribution in [-0.4, -0.2) is 51.3 Å². The normalized spacial score (nSPS) is 20.4. The molecule has 132 valence electrons. The van der Waals surface area contributed by atoms with E-state index in [0.29, 0.717) is 25.5 Å². The highest BCUT2D eigenvalue weighted by Crippen LogP contribution is 2.25. The maximum absolute atomic E-state index is 12.9. The van der Waals surface area contributed by atoms with Crippen LogP contribution in [0.25, 0.3) is 0 Å². The maximum Gasteiger partial charge on any atom is 0.290 e. The molecule has 1 saturated heterocycles. The second kappa shape index (κ2) is 6.36. The smallest absolute Gasteiger partial charge is 0.290 e. The zero-order valence-corrected chi connectivity index (χ0v) is 14.1. The first kappa shape index (κ1) is 15.9. The van der Waals surface area contributed by atoms with E-state index in [1.807, 2.05) is 13.0 Å². The number of hydrogen-bond donors (Lipinski definition) is 0. The molecule has 2 aliphatic rings. The summed E-state index contributed by atoms with van der Waals surface area (Å²) in [6.07, 6.45) is 5.02. The summed E-state index contributed by atoms with van der Waals surface area (Å²) >= 11 is 0. The number of aryl methyl sites for hydroxylation is 1. The molecular formula is C17H20N4O4. The minimum atomic E-state index is -0.587. The molecular weight excluding hydrogens is 324 g/mol. The van der Waals surface area contributed by atoms with E-state index in [9.17, 15) is 9.59 Å². The van der Waals surface area contributed by atoms with Crippen molar-refractivity contribution >= 4 is 11.8 Å². The third-order valence-electron chi connectivity index (χ3n) is 4.67. The fraction of sp³-hybridized carbons (Fsp3) is 0.471. The largest absolute Gasteiger partial charge is 0.459 e. The molecule has 0 aliphatic carbocycles. The number of carbonyl (C=O) groups is 2. The molecule has 1 unspecified atom stereocenters. The van der Waals surface area contributed by atoms with Gasteiger partial charge in [-0.2, -0.15) is 5.10 Å². The summed E-state index contributed by atoms with van der Waals surface area (Å²) in [5.74, 6) is -0.0704. The molecule has 25 heavy (non-hydrogen) atoms. The van der Waals surface area contributed by atoms with Gasteiger partial charge in [0.05, 0.1) is 31.7 Å². The van der Waals surface area contributed by atoms with Crippen LogP contribution in [0.4, 0.5) is 0 Å². The lowest BCUT2D eigenvalue weighted by atomic mass is 10.1. The number of nitrogens with zero attached hydrogens (tertiary/aromatic N) is 4. The molecule has 8 nitrogen and oxygen atoms in total. The summed E-state index contributed by atoms with van der Waals surface area (Å²) in [5, 5.41) is 5.69. The van der Waals surface area contributed by atoms with Crippen LogP contribution in [0, 0.1) is 6.92 Å². The summed E-state index contributed by atoms with van der Waals surface area (Å²) in [7, 11) is 0. The molecule has 2 aliphatic heterocycles. The third kappa shape index (κ3) is 2.82. The molecule has 2 aromatic rings. The zero-order valence-electron chi connectivity index (χ0n) is 14.1. The SMILES string of the molecule is Cc1ccoc1C(=O)N1Cc2ccnn2C(C(=O)N2CCCCO2)C1. The van der Waals surface area contributed by atoms with Crippen LogP contribution in [0.2, 0.25) is 0 Å². The van der Waals surface area contributed by atoms with Crippen molar-refractivity contribution in [3.63, 3.8) is 0 Å². The Hall–Kier alpha value is -2.61. The highest BCUT2D eigenvalue weighted by atomic mass is 16.7. The van der Waals surface area contributed by atoms with Crippen LogP contribution in [0.5, 0.6) is 0 Å². The highest BCUT2D eigenvalue weighted by molar-refractivity contribution is 5.93. The minimum Gasteiger partial charge on any atom is -0.459 e. The average molecular weight is 344 g/mol. The van der Waals surface area contributed by atoms with E-state index in [2.05, 4.69) is 5.10 Å². The Morgan fingerprint density at radius 2 is 2.16 bits per heavy atom. The van der Waals surface area contributed by atoms with Crippen molar-refractivity contribution in [2.24, 2.45) is 0 Å². The predicted octanol–water partition coefficient (Wildman–Crippen LogP) is 1.54. The zero-order chi connectivity index (χ0) is 17.4. The lowest BCUT2D eigenvalue weighted by Crippen LogP contribution is -2.49. The van der Waals surface area contributed by atoms with E-state index >= 15 is 0 Å². The Morgan fingerprint density at radius 1 is 1.28 bits per heavy atom. The molecule has 0 saturated carbocycles. The fourth-order valence-corrected chi connectivity index (χ4v) is 3.30. The minimum absolute atomic E-state index is 0.168. The van der Waals surface area contributed by atoms with Gasteiger partial charge in [0.2, 0.25) is 0 Å². The van der Waals surface area contributed by atoms with Crippen molar-refractivity contribution in [2.75, 3.05) is 19.7 Å². The van der Waals surface area contributed by atoms with Gasteiger partial charge in [-0.15, -0.1) is 0 Å². The summed E-state index contributed by atoms with van der Waals surface area (Å²) < 4.78 is 7.02. The average Bonchev–Trinajstić information content (AvgIpc) is 3.29. The molecule has 1 fully saturated rings. The number of furan rings is 1. The van der Waals surface area contributed by atoms with E-state index in [1.54, 1.807) is 21.8 Å². The van der Waals surface area contributed by atoms with Crippen LogP contribution in [0.1, 0.15) is 40.7 Å². The molecule has 0 N–H and O–H groups in total. The molecule has 4 heterocycles. The second-order valence-electron chi connectivity index (χ2n) is 6.38. The third-order valence-corrected chi connectivity index (χ3v) is 4.67. The standard InChI is InChI=1S/C17H20N4O4/c1-12-5-9-24-15(12)17(23)19-10-13-4-6-18-21(13)14(11-19)16(22)20-7-2-3-8-25-20/h4-6,9,14H,2-3,7-8,10-11H2,1H3. The molecule has 8 heteroatoms. The van der Waals surface area contributed by atoms with Crippen LogP contribution >= 0.6 is 0 Å². The first-order valence-corrected chi connectivity index (χ1v) is 8.45. The van der Waals surface area contributed by atoms with Crippen molar-refractivity contribution in [3.05, 3.63) is 41.6 Å². The number of amides is 2. The molecule has 0 radical (unpaired) electrons. The molecule has 0 aromatic carbocycles. The quantitative estimate of drug-likeness (QED) is 0.825. The summed E-state index contributed by atoms with van der Waals surface area (Å²) in [5.41, 5.74) is 1.60. The molecule has 0 bridgehead atoms. The van der Waals surface area contributed by atoms with Crippen LogP contribution in [0.3, 0.4) is 0 Å². The lowest BCUT2D eigenvalue weighted by molar-refractivity contribution is -0.201. The van der Waals surface area contributed by atoms with Gasteiger partial charge in [0.25, 0.3) is 11.8 Å². The van der Waals surface area contributed by atoms with Crippen LogP contribution in [0.15, 0.2) is 29.0 Å². The highest BCUT2D eigenvalue weighted by Gasteiger charge is 2.37. The number of carbonyl (C=O) groups excluding carboxylic acids is 2. The van der Waals surface area contributed by atoms with Gasteiger partial charge in [-0.1, -0.05) is 0 Å². The van der Waals surface area contributed by atoms with Gasteiger partial charge in [0.15, 0.2) is 11.8 Å². The Balaban J connectivity index is 1.60. The second-order valence-corrected chi connectivity index (χ2v) is 6.38. The van der Waals surface area contributed by atoms with Crippen molar-refractivity contribution in [1.82, 2.24) is 19.7 Å². The number of hydroxylamine groups is 2. The first-order chi connectivity index (χ1) is 12.1. The Morgan fingerprint density at radius 3 is 2.88 bits per heavy atom. The molecule has 1 atom stereocenters. The molecule has 0 spiro atoms. The number of hydrogen-bond acceptors (Lipinski definition) is 5. The van der Waals surface area contributed by atoms with Gasteiger partial charge >= 0.3 is 0 Å². The van der Waals surface area contributed by atoms with E-state index in [-0.39, 0.29) is 18.4 Å². The van der Waals surface area contributed by atoms with E-state index in [0.717, 1.165) is 24.1 Å². The van der Waals surface area contributed by atoms with Gasteiger partial charge < -0.3 is 9.32 Å². The summed E-state index contributed by atoms with van der Waals surface area (Å²) in [6, 6.07) is 2.99. The van der Waals surface area contributed by atoms with Crippen molar-refractivity contribution in [3.8, 4) is 0 Å². The fourth-order valence-electron chi connectivity index (χ4n) is 3.30. The monoisotopic (exact) mass is 344 g/mol. The number of fused-ring (bicyclic) bond motifs is 1. The number of rotatable bonds is 2. The van der Waals surface area contributed by atoms with Gasteiger partial charge in [-0.3, -0.25) is 19.1 Å². The molecule has 4 rings (SSSR count). The Labute approximate surface area is 144 Å². The van der Waals surface area contributed by atoms with E-state index < -0.39 is 6.04 Å². The summed E-state index contributed by atoms with van der Waals surface area (Å²) in [4.78, 5) is 32.8. The van der Waals surface area contributed by atoms with Gasteiger partial charge in [0, 0.05) is 18.3 Å². The Kier molecular flexibility index (Phi) is 4.04. The predicted molar refractivity (Wildman–Crippen MR) is 86.3 cm³/mol. The summed E-state index contributed by atoms with van der Waals surface area (Å²) in [6.45, 7) is 3.57. The van der Waals surface area contributed by atoms with E-state index in [4.69, 9.17) is 9.25 Å². The number of aromatic nitrogens is 2. The van der Waals surface area contributed by atoms with Gasteiger partial charge in [-0.05, 0) is 31.9 Å². The van der Waals surface area contributed by atoms with Crippen LogP contribution in [-0.2, 0) is 16.2 Å². The maximum atomic E-state index is 12.9. The van der Waals surface area contributed by atoms with Gasteiger partial charge in [-0.25, -0.2) is 5.06 Å². The van der Waals surface area contributed by atoms with E-state index in [1.165, 1.54) is 11.3 Å². The van der Waals surface area contributed by atoms with Crippen molar-refractivity contribution in [1.29, 1.82) is 0 Å². The van der Waals surface area contributed by atoms with Crippen molar-refractivity contribution in [2.45, 2.75) is 32.4 Å². The molecule has 2 amide bonds. The molecule has 2 aromatic heterocycles. The van der Waals surface area contributed by atoms with Crippen molar-refractivity contribution < 1.29 is 18.8 Å². The van der Waals surface area contributed by atoms with Gasteiger partial charge in [0.1, 0.15) is 0 Å². The van der Waals surface area contributed by atoms with Crippen LogP contribution < -0.4 is 0 Å². The topological polar surface area (TPSA) is 80.8 Å². The lowest BCUT2D eigenvalue weighted by Gasteiger charge is -2.36.